The second-order valence-electron chi connectivity index (χ2n) is 6.07. The lowest BCUT2D eigenvalue weighted by atomic mass is 9.72. The molecule has 1 atom stereocenters. The third-order valence-corrected chi connectivity index (χ3v) is 4.09. The highest BCUT2D eigenvalue weighted by molar-refractivity contribution is 7.46. The minimum atomic E-state index is -4.42. The third-order valence-electron chi connectivity index (χ3n) is 3.69. The molecular formula is C15H25O4P. The quantitative estimate of drug-likeness (QED) is 0.586. The van der Waals surface area contributed by atoms with Gasteiger partial charge in [-0.1, -0.05) is 38.5 Å². The molecule has 0 radical (unpaired) electrons. The van der Waals surface area contributed by atoms with E-state index in [0.29, 0.717) is 0 Å². The van der Waals surface area contributed by atoms with Gasteiger partial charge in [-0.15, -0.1) is 0 Å². The van der Waals surface area contributed by atoms with E-state index in [0.717, 1.165) is 12.7 Å². The molecule has 4 nitrogen and oxygen atoms in total. The monoisotopic (exact) mass is 300 g/mol. The van der Waals surface area contributed by atoms with E-state index < -0.39 is 7.82 Å². The van der Waals surface area contributed by atoms with Gasteiger partial charge in [0.25, 0.3) is 0 Å². The molecule has 0 spiro atoms. The fourth-order valence-electron chi connectivity index (χ4n) is 2.56. The largest absolute Gasteiger partial charge is 0.524 e. The predicted molar refractivity (Wildman–Crippen MR) is 80.9 cm³/mol. The molecule has 0 saturated carbocycles. The maximum absolute atomic E-state index is 10.5. The van der Waals surface area contributed by atoms with Crippen LogP contribution >= 0.6 is 7.82 Å². The molecule has 0 aliphatic heterocycles. The van der Waals surface area contributed by atoms with Crippen molar-refractivity contribution >= 4 is 7.82 Å². The van der Waals surface area contributed by atoms with Crippen LogP contribution in [0.3, 0.4) is 0 Å². The van der Waals surface area contributed by atoms with Gasteiger partial charge >= 0.3 is 7.82 Å². The van der Waals surface area contributed by atoms with Crippen molar-refractivity contribution in [3.05, 3.63) is 35.6 Å². The second kappa shape index (κ2) is 6.75. The maximum Gasteiger partial charge on any atom is 0.524 e. The SMILES string of the molecule is CC1=C(C=CC(C)C=COP(=O)(O)O)C(C)(C)CCC1. The Morgan fingerprint density at radius 2 is 2.00 bits per heavy atom. The molecule has 20 heavy (non-hydrogen) atoms. The molecule has 2 N–H and O–H groups in total. The number of phosphoric ester groups is 1. The number of allylic oxidation sites excluding steroid dienone is 5. The Morgan fingerprint density at radius 1 is 1.35 bits per heavy atom. The van der Waals surface area contributed by atoms with Gasteiger partial charge in [-0.25, -0.2) is 4.57 Å². The molecule has 114 valence electrons. The van der Waals surface area contributed by atoms with Crippen LogP contribution in [-0.2, 0) is 9.09 Å². The fourth-order valence-corrected chi connectivity index (χ4v) is 2.79. The molecule has 0 heterocycles. The van der Waals surface area contributed by atoms with E-state index >= 15 is 0 Å². The minimum Gasteiger partial charge on any atom is -0.413 e. The van der Waals surface area contributed by atoms with Crippen molar-refractivity contribution in [2.24, 2.45) is 11.3 Å². The summed E-state index contributed by atoms with van der Waals surface area (Å²) < 4.78 is 14.8. The van der Waals surface area contributed by atoms with Crippen LogP contribution in [0.4, 0.5) is 0 Å². The van der Waals surface area contributed by atoms with Crippen LogP contribution in [0.2, 0.25) is 0 Å². The summed E-state index contributed by atoms with van der Waals surface area (Å²) in [7, 11) is -4.42. The molecule has 0 aromatic rings. The second-order valence-corrected chi connectivity index (χ2v) is 7.27. The summed E-state index contributed by atoms with van der Waals surface area (Å²) in [6, 6.07) is 0. The highest BCUT2D eigenvalue weighted by Gasteiger charge is 2.26. The standard InChI is InChI=1S/C15H25O4P/c1-12(9-11-19-20(16,17)18)7-8-14-13(2)6-5-10-15(14,3)4/h7-9,11-12H,5-6,10H2,1-4H3,(H2,16,17,18). The Hall–Kier alpha value is -0.830. The molecule has 0 bridgehead atoms. The van der Waals surface area contributed by atoms with Gasteiger partial charge in [-0.05, 0) is 49.2 Å². The van der Waals surface area contributed by atoms with Crippen molar-refractivity contribution < 1.29 is 18.9 Å². The van der Waals surface area contributed by atoms with Gasteiger partial charge in [0.05, 0.1) is 6.26 Å². The third kappa shape index (κ3) is 5.66. The van der Waals surface area contributed by atoms with Crippen molar-refractivity contribution in [1.29, 1.82) is 0 Å². The van der Waals surface area contributed by atoms with E-state index in [1.807, 2.05) is 13.0 Å². The number of phosphoric acid groups is 1. The van der Waals surface area contributed by atoms with E-state index in [2.05, 4.69) is 31.4 Å². The molecular weight excluding hydrogens is 275 g/mol. The zero-order valence-electron chi connectivity index (χ0n) is 12.7. The topological polar surface area (TPSA) is 66.8 Å². The summed E-state index contributed by atoms with van der Waals surface area (Å²) >= 11 is 0. The van der Waals surface area contributed by atoms with Crippen LogP contribution in [0, 0.1) is 11.3 Å². The molecule has 1 unspecified atom stereocenters. The maximum atomic E-state index is 10.5. The molecule has 0 aromatic heterocycles. The number of rotatable bonds is 5. The van der Waals surface area contributed by atoms with E-state index in [1.54, 1.807) is 6.08 Å². The average Bonchev–Trinajstić information content (AvgIpc) is 2.25. The lowest BCUT2D eigenvalue weighted by Gasteiger charge is -2.33. The van der Waals surface area contributed by atoms with Gasteiger partial charge in [0, 0.05) is 0 Å². The van der Waals surface area contributed by atoms with Crippen LogP contribution in [0.15, 0.2) is 35.6 Å². The first kappa shape index (κ1) is 17.2. The Balaban J connectivity index is 2.69. The summed E-state index contributed by atoms with van der Waals surface area (Å²) in [5, 5.41) is 0. The lowest BCUT2D eigenvalue weighted by Crippen LogP contribution is -2.19. The summed E-state index contributed by atoms with van der Waals surface area (Å²) in [6.07, 6.45) is 10.4. The first-order valence-corrected chi connectivity index (χ1v) is 8.44. The molecule has 1 aliphatic carbocycles. The molecule has 1 aliphatic rings. The highest BCUT2D eigenvalue weighted by Crippen LogP contribution is 2.41. The van der Waals surface area contributed by atoms with E-state index in [1.165, 1.54) is 24.0 Å². The Bertz CT molecular complexity index is 468. The summed E-state index contributed by atoms with van der Waals surface area (Å²) in [4.78, 5) is 17.2. The van der Waals surface area contributed by atoms with Gasteiger partial charge < -0.3 is 4.52 Å². The van der Waals surface area contributed by atoms with Crippen molar-refractivity contribution in [2.45, 2.75) is 47.0 Å². The highest BCUT2D eigenvalue weighted by atomic mass is 31.2. The minimum absolute atomic E-state index is 0.0552. The molecule has 1 rings (SSSR count). The molecule has 0 aromatic carbocycles. The van der Waals surface area contributed by atoms with Gasteiger partial charge in [-0.3, -0.25) is 9.79 Å². The number of hydrogen-bond acceptors (Lipinski definition) is 2. The van der Waals surface area contributed by atoms with E-state index in [9.17, 15) is 4.57 Å². The van der Waals surface area contributed by atoms with E-state index in [-0.39, 0.29) is 11.3 Å². The van der Waals surface area contributed by atoms with Crippen molar-refractivity contribution in [3.8, 4) is 0 Å². The smallest absolute Gasteiger partial charge is 0.413 e. The molecule has 0 fully saturated rings. The van der Waals surface area contributed by atoms with Crippen molar-refractivity contribution in [1.82, 2.24) is 0 Å². The van der Waals surface area contributed by atoms with Gasteiger partial charge in [0.2, 0.25) is 0 Å². The Labute approximate surface area is 121 Å². The molecule has 5 heteroatoms. The van der Waals surface area contributed by atoms with Crippen molar-refractivity contribution in [3.63, 3.8) is 0 Å². The lowest BCUT2D eigenvalue weighted by molar-refractivity contribution is 0.258. The zero-order chi connectivity index (χ0) is 15.4. The van der Waals surface area contributed by atoms with Crippen LogP contribution in [0.1, 0.15) is 47.0 Å². The Morgan fingerprint density at radius 3 is 2.55 bits per heavy atom. The first-order valence-electron chi connectivity index (χ1n) is 6.91. The van der Waals surface area contributed by atoms with Gasteiger partial charge in [0.15, 0.2) is 0 Å². The summed E-state index contributed by atoms with van der Waals surface area (Å²) in [6.45, 7) is 8.64. The Kier molecular flexibility index (Phi) is 5.81. The fraction of sp³-hybridized carbons (Fsp3) is 0.600. The van der Waals surface area contributed by atoms with Gasteiger partial charge in [0.1, 0.15) is 0 Å². The summed E-state index contributed by atoms with van der Waals surface area (Å²) in [5.74, 6) is 0.0552. The van der Waals surface area contributed by atoms with Crippen LogP contribution in [0.5, 0.6) is 0 Å². The molecule has 0 amide bonds. The first-order chi connectivity index (χ1) is 9.12. The number of hydrogen-bond donors (Lipinski definition) is 2. The van der Waals surface area contributed by atoms with Crippen LogP contribution in [0.25, 0.3) is 0 Å². The predicted octanol–water partition coefficient (Wildman–Crippen LogP) is 4.33. The zero-order valence-corrected chi connectivity index (χ0v) is 13.6. The average molecular weight is 300 g/mol. The molecule has 0 saturated heterocycles. The van der Waals surface area contributed by atoms with Crippen LogP contribution in [-0.4, -0.2) is 9.79 Å². The summed E-state index contributed by atoms with van der Waals surface area (Å²) in [5.41, 5.74) is 3.00. The van der Waals surface area contributed by atoms with Crippen LogP contribution < -0.4 is 0 Å². The van der Waals surface area contributed by atoms with Gasteiger partial charge in [-0.2, -0.15) is 0 Å². The van der Waals surface area contributed by atoms with Crippen molar-refractivity contribution in [2.75, 3.05) is 0 Å². The normalized spacial score (nSPS) is 21.7. The van der Waals surface area contributed by atoms with E-state index in [4.69, 9.17) is 9.79 Å².